The van der Waals surface area contributed by atoms with Crippen molar-refractivity contribution in [1.29, 1.82) is 0 Å². The fraction of sp³-hybridized carbons (Fsp3) is 0.333. The van der Waals surface area contributed by atoms with Gasteiger partial charge in [-0.25, -0.2) is 4.98 Å². The summed E-state index contributed by atoms with van der Waals surface area (Å²) in [5.41, 5.74) is 0.0778. The third-order valence-corrected chi connectivity index (χ3v) is 3.56. The van der Waals surface area contributed by atoms with Gasteiger partial charge in [0.1, 0.15) is 15.9 Å². The molecule has 0 aromatic carbocycles. The molecule has 0 fully saturated rings. The van der Waals surface area contributed by atoms with Gasteiger partial charge in [0.05, 0.1) is 11.3 Å². The zero-order chi connectivity index (χ0) is 14.9. The summed E-state index contributed by atoms with van der Waals surface area (Å²) in [6, 6.07) is 3.82. The van der Waals surface area contributed by atoms with E-state index in [-0.39, 0.29) is 10.8 Å². The maximum Gasteiger partial charge on any atom is 0.416 e. The summed E-state index contributed by atoms with van der Waals surface area (Å²) < 4.78 is 40.1. The van der Waals surface area contributed by atoms with E-state index < -0.39 is 11.7 Å². The summed E-state index contributed by atoms with van der Waals surface area (Å²) >= 11 is 1.14. The van der Waals surface area contributed by atoms with Gasteiger partial charge in [0.25, 0.3) is 0 Å². The lowest BCUT2D eigenvalue weighted by Gasteiger charge is -2.11. The van der Waals surface area contributed by atoms with Crippen LogP contribution in [0.15, 0.2) is 28.3 Å². The standard InChI is InChI=1S/C12H13F3N4S/c1-7-4-11(19(3)18-7)20-10-6-8(12(13,14)15)5-9(16-2)17-10/h4-6H,1-3H3,(H,16,17). The SMILES string of the molecule is CNc1cc(C(F)(F)F)cc(Sc2cc(C)nn2C)n1. The molecule has 0 atom stereocenters. The number of hydrogen-bond donors (Lipinski definition) is 1. The van der Waals surface area contributed by atoms with E-state index in [2.05, 4.69) is 15.4 Å². The fourth-order valence-corrected chi connectivity index (χ4v) is 2.59. The van der Waals surface area contributed by atoms with E-state index in [4.69, 9.17) is 0 Å². The Kier molecular flexibility index (Phi) is 3.94. The van der Waals surface area contributed by atoms with Crippen LogP contribution in [-0.4, -0.2) is 21.8 Å². The maximum atomic E-state index is 12.8. The molecule has 0 aliphatic carbocycles. The Morgan fingerprint density at radius 1 is 1.25 bits per heavy atom. The molecule has 0 saturated heterocycles. The Labute approximate surface area is 118 Å². The van der Waals surface area contributed by atoms with Crippen LogP contribution < -0.4 is 5.32 Å². The molecule has 108 valence electrons. The molecule has 0 bridgehead atoms. The van der Waals surface area contributed by atoms with Gasteiger partial charge >= 0.3 is 6.18 Å². The van der Waals surface area contributed by atoms with Crippen molar-refractivity contribution < 1.29 is 13.2 Å². The van der Waals surface area contributed by atoms with Crippen LogP contribution in [0.3, 0.4) is 0 Å². The van der Waals surface area contributed by atoms with E-state index in [1.165, 1.54) is 7.05 Å². The van der Waals surface area contributed by atoms with Gasteiger partial charge in [0.2, 0.25) is 0 Å². The van der Waals surface area contributed by atoms with E-state index in [1.54, 1.807) is 17.8 Å². The Bertz CT molecular complexity index is 622. The van der Waals surface area contributed by atoms with E-state index in [0.717, 1.165) is 34.6 Å². The maximum absolute atomic E-state index is 12.8. The first-order chi connectivity index (χ1) is 9.29. The first-order valence-electron chi connectivity index (χ1n) is 5.75. The van der Waals surface area contributed by atoms with Gasteiger partial charge in [-0.2, -0.15) is 18.3 Å². The second-order valence-corrected chi connectivity index (χ2v) is 5.22. The third-order valence-electron chi connectivity index (χ3n) is 2.55. The topological polar surface area (TPSA) is 42.7 Å². The van der Waals surface area contributed by atoms with Crippen molar-refractivity contribution in [3.05, 3.63) is 29.5 Å². The summed E-state index contributed by atoms with van der Waals surface area (Å²) in [5.74, 6) is 0.182. The highest BCUT2D eigenvalue weighted by atomic mass is 32.2. The highest BCUT2D eigenvalue weighted by Crippen LogP contribution is 2.35. The molecule has 2 aromatic rings. The molecule has 0 radical (unpaired) electrons. The number of rotatable bonds is 3. The normalized spacial score (nSPS) is 11.7. The first kappa shape index (κ1) is 14.7. The van der Waals surface area contributed by atoms with Gasteiger partial charge < -0.3 is 5.32 Å². The number of nitrogens with zero attached hydrogens (tertiary/aromatic N) is 3. The highest BCUT2D eigenvalue weighted by molar-refractivity contribution is 7.99. The molecule has 0 spiro atoms. The molecule has 20 heavy (non-hydrogen) atoms. The van der Waals surface area contributed by atoms with Crippen molar-refractivity contribution in [2.24, 2.45) is 7.05 Å². The average molecular weight is 302 g/mol. The van der Waals surface area contributed by atoms with Crippen LogP contribution in [0.4, 0.5) is 19.0 Å². The predicted molar refractivity (Wildman–Crippen MR) is 70.9 cm³/mol. The van der Waals surface area contributed by atoms with Gasteiger partial charge in [-0.3, -0.25) is 4.68 Å². The number of pyridine rings is 1. The third kappa shape index (κ3) is 3.24. The van der Waals surface area contributed by atoms with Crippen molar-refractivity contribution in [2.45, 2.75) is 23.2 Å². The Morgan fingerprint density at radius 2 is 1.95 bits per heavy atom. The summed E-state index contributed by atoms with van der Waals surface area (Å²) in [7, 11) is 3.27. The van der Waals surface area contributed by atoms with Crippen LogP contribution in [0.25, 0.3) is 0 Å². The monoisotopic (exact) mass is 302 g/mol. The minimum atomic E-state index is -4.40. The average Bonchev–Trinajstić information content (AvgIpc) is 2.66. The van der Waals surface area contributed by atoms with Crippen molar-refractivity contribution in [3.63, 3.8) is 0 Å². The lowest BCUT2D eigenvalue weighted by Crippen LogP contribution is -2.07. The largest absolute Gasteiger partial charge is 0.416 e. The summed E-state index contributed by atoms with van der Waals surface area (Å²) in [4.78, 5) is 4.12. The summed E-state index contributed by atoms with van der Waals surface area (Å²) in [5, 5.41) is 7.79. The van der Waals surface area contributed by atoms with Gasteiger partial charge in [-0.05, 0) is 25.1 Å². The molecule has 0 aliphatic heterocycles. The van der Waals surface area contributed by atoms with Crippen LogP contribution in [0.5, 0.6) is 0 Å². The summed E-state index contributed by atoms with van der Waals surface area (Å²) in [6.45, 7) is 1.82. The van der Waals surface area contributed by atoms with Gasteiger partial charge in [-0.15, -0.1) is 0 Å². The number of nitrogens with one attached hydrogen (secondary N) is 1. The predicted octanol–water partition coefficient (Wildman–Crippen LogP) is 3.34. The second kappa shape index (κ2) is 5.35. The molecular formula is C12H13F3N4S. The molecule has 2 heterocycles. The number of alkyl halides is 3. The van der Waals surface area contributed by atoms with Crippen LogP contribution in [0.2, 0.25) is 0 Å². The van der Waals surface area contributed by atoms with Gasteiger partial charge in [0, 0.05) is 14.1 Å². The van der Waals surface area contributed by atoms with E-state index in [9.17, 15) is 13.2 Å². The minimum absolute atomic E-state index is 0.182. The van der Waals surface area contributed by atoms with Crippen molar-refractivity contribution >= 4 is 17.6 Å². The number of aryl methyl sites for hydroxylation is 2. The van der Waals surface area contributed by atoms with E-state index >= 15 is 0 Å². The zero-order valence-electron chi connectivity index (χ0n) is 11.1. The quantitative estimate of drug-likeness (QED) is 0.944. The summed E-state index contributed by atoms with van der Waals surface area (Å²) in [6.07, 6.45) is -4.40. The van der Waals surface area contributed by atoms with Gasteiger partial charge in [0.15, 0.2) is 0 Å². The number of hydrogen-bond acceptors (Lipinski definition) is 4. The smallest absolute Gasteiger partial charge is 0.373 e. The Balaban J connectivity index is 2.38. The minimum Gasteiger partial charge on any atom is -0.373 e. The molecular weight excluding hydrogens is 289 g/mol. The highest BCUT2D eigenvalue weighted by Gasteiger charge is 2.31. The van der Waals surface area contributed by atoms with Crippen LogP contribution in [0, 0.1) is 6.92 Å². The molecule has 1 N–H and O–H groups in total. The Morgan fingerprint density at radius 3 is 2.45 bits per heavy atom. The molecule has 0 amide bonds. The van der Waals surface area contributed by atoms with Crippen LogP contribution in [0.1, 0.15) is 11.3 Å². The fourth-order valence-electron chi connectivity index (χ4n) is 1.64. The van der Waals surface area contributed by atoms with E-state index in [1.807, 2.05) is 6.92 Å². The number of aromatic nitrogens is 3. The van der Waals surface area contributed by atoms with Crippen molar-refractivity contribution in [3.8, 4) is 0 Å². The molecule has 2 aromatic heterocycles. The van der Waals surface area contributed by atoms with Crippen LogP contribution in [-0.2, 0) is 13.2 Å². The Hall–Kier alpha value is -1.70. The molecule has 0 aliphatic rings. The molecule has 8 heteroatoms. The van der Waals surface area contributed by atoms with Gasteiger partial charge in [-0.1, -0.05) is 11.8 Å². The molecule has 2 rings (SSSR count). The lowest BCUT2D eigenvalue weighted by atomic mass is 10.2. The molecule has 0 saturated carbocycles. The molecule has 4 nitrogen and oxygen atoms in total. The van der Waals surface area contributed by atoms with E-state index in [0.29, 0.717) is 0 Å². The number of anilines is 1. The second-order valence-electron chi connectivity index (χ2n) is 4.18. The van der Waals surface area contributed by atoms with Crippen LogP contribution >= 0.6 is 11.8 Å². The zero-order valence-corrected chi connectivity index (χ0v) is 11.9. The first-order valence-corrected chi connectivity index (χ1v) is 6.57. The number of halogens is 3. The lowest BCUT2D eigenvalue weighted by molar-refractivity contribution is -0.137. The van der Waals surface area contributed by atoms with Crippen molar-refractivity contribution in [2.75, 3.05) is 12.4 Å². The molecule has 0 unspecified atom stereocenters. The van der Waals surface area contributed by atoms with Crippen molar-refractivity contribution in [1.82, 2.24) is 14.8 Å².